The first-order valence-corrected chi connectivity index (χ1v) is 7.29. The molecule has 0 saturated carbocycles. The van der Waals surface area contributed by atoms with Crippen LogP contribution in [0.15, 0.2) is 34.9 Å². The number of thiophene rings is 1. The molecule has 0 fully saturated rings. The molecule has 2 aromatic rings. The van der Waals surface area contributed by atoms with Gasteiger partial charge in [0.05, 0.1) is 0 Å². The smallest absolute Gasteiger partial charge is 0.107 e. The number of halogens is 2. The van der Waals surface area contributed by atoms with Gasteiger partial charge in [0.1, 0.15) is 4.34 Å². The second-order valence-corrected chi connectivity index (χ2v) is 6.18. The lowest BCUT2D eigenvalue weighted by Gasteiger charge is -2.02. The maximum Gasteiger partial charge on any atom is 0.107 e. The zero-order valence-electron chi connectivity index (χ0n) is 9.12. The molecule has 0 aliphatic heterocycles. The largest absolute Gasteiger partial charge is 0.311 e. The van der Waals surface area contributed by atoms with Crippen molar-refractivity contribution in [3.63, 3.8) is 0 Å². The van der Waals surface area contributed by atoms with E-state index in [-0.39, 0.29) is 0 Å². The second kappa shape index (κ2) is 6.50. The molecule has 2 nitrogen and oxygen atoms in total. The molecule has 90 valence electrons. The van der Waals surface area contributed by atoms with Crippen LogP contribution in [0.4, 0.5) is 0 Å². The summed E-state index contributed by atoms with van der Waals surface area (Å²) in [6, 6.07) is 8.04. The Morgan fingerprint density at radius 1 is 1.41 bits per heavy atom. The van der Waals surface area contributed by atoms with E-state index in [2.05, 4.69) is 32.3 Å². The standard InChI is InChI=1S/C12H12BrClN2S/c13-11-7-10(17-12(11)14)8-15-6-4-9-3-1-2-5-16-9/h1-3,5,7,15H,4,6,8H2. The van der Waals surface area contributed by atoms with E-state index in [0.717, 1.165) is 34.0 Å². The molecule has 2 rings (SSSR count). The van der Waals surface area contributed by atoms with E-state index in [9.17, 15) is 0 Å². The van der Waals surface area contributed by atoms with Crippen LogP contribution in [-0.4, -0.2) is 11.5 Å². The van der Waals surface area contributed by atoms with Crippen molar-refractivity contribution in [1.29, 1.82) is 0 Å². The molecule has 2 heterocycles. The molecule has 0 saturated heterocycles. The van der Waals surface area contributed by atoms with Gasteiger partial charge >= 0.3 is 0 Å². The van der Waals surface area contributed by atoms with Gasteiger partial charge < -0.3 is 5.32 Å². The van der Waals surface area contributed by atoms with Crippen LogP contribution in [0.3, 0.4) is 0 Å². The normalized spacial score (nSPS) is 10.7. The number of pyridine rings is 1. The number of hydrogen-bond acceptors (Lipinski definition) is 3. The average molecular weight is 332 g/mol. The van der Waals surface area contributed by atoms with Gasteiger partial charge in [0.2, 0.25) is 0 Å². The van der Waals surface area contributed by atoms with Gasteiger partial charge in [0.25, 0.3) is 0 Å². The maximum atomic E-state index is 5.97. The molecule has 0 aliphatic carbocycles. The van der Waals surface area contributed by atoms with Gasteiger partial charge in [-0.3, -0.25) is 4.98 Å². The molecule has 2 aromatic heterocycles. The van der Waals surface area contributed by atoms with Crippen molar-refractivity contribution >= 4 is 38.9 Å². The highest BCUT2D eigenvalue weighted by Gasteiger charge is 2.03. The van der Waals surface area contributed by atoms with E-state index >= 15 is 0 Å². The minimum Gasteiger partial charge on any atom is -0.311 e. The summed E-state index contributed by atoms with van der Waals surface area (Å²) in [5.74, 6) is 0. The fourth-order valence-electron chi connectivity index (χ4n) is 1.45. The number of nitrogens with zero attached hydrogens (tertiary/aromatic N) is 1. The Bertz CT molecular complexity index is 453. The fourth-order valence-corrected chi connectivity index (χ4v) is 3.21. The van der Waals surface area contributed by atoms with E-state index in [4.69, 9.17) is 11.6 Å². The molecule has 5 heteroatoms. The van der Waals surface area contributed by atoms with Gasteiger partial charge in [-0.05, 0) is 34.1 Å². The first-order valence-electron chi connectivity index (χ1n) is 5.30. The third kappa shape index (κ3) is 4.07. The molecule has 1 N–H and O–H groups in total. The van der Waals surface area contributed by atoms with Crippen molar-refractivity contribution in [2.45, 2.75) is 13.0 Å². The summed E-state index contributed by atoms with van der Waals surface area (Å²) in [5, 5.41) is 3.38. The predicted molar refractivity (Wildman–Crippen MR) is 76.7 cm³/mol. The van der Waals surface area contributed by atoms with Gasteiger partial charge in [-0.1, -0.05) is 17.7 Å². The van der Waals surface area contributed by atoms with Gasteiger partial charge in [-0.25, -0.2) is 0 Å². The van der Waals surface area contributed by atoms with Crippen LogP contribution in [0.1, 0.15) is 10.6 Å². The van der Waals surface area contributed by atoms with Crippen molar-refractivity contribution < 1.29 is 0 Å². The Kier molecular flexibility index (Phi) is 4.98. The van der Waals surface area contributed by atoms with Crippen LogP contribution in [0.5, 0.6) is 0 Å². The van der Waals surface area contributed by atoms with Gasteiger partial charge in [-0.2, -0.15) is 0 Å². The van der Waals surface area contributed by atoms with E-state index < -0.39 is 0 Å². The quantitative estimate of drug-likeness (QED) is 0.841. The zero-order valence-corrected chi connectivity index (χ0v) is 12.3. The summed E-state index contributed by atoms with van der Waals surface area (Å²) in [6.45, 7) is 1.77. The van der Waals surface area contributed by atoms with Crippen LogP contribution >= 0.6 is 38.9 Å². The Morgan fingerprint density at radius 2 is 2.29 bits per heavy atom. The highest BCUT2D eigenvalue weighted by atomic mass is 79.9. The fraction of sp³-hybridized carbons (Fsp3) is 0.250. The van der Waals surface area contributed by atoms with Crippen molar-refractivity contribution in [3.05, 3.63) is 49.8 Å². The zero-order chi connectivity index (χ0) is 12.1. The Morgan fingerprint density at radius 3 is 2.94 bits per heavy atom. The van der Waals surface area contributed by atoms with E-state index in [1.165, 1.54) is 4.88 Å². The highest BCUT2D eigenvalue weighted by Crippen LogP contribution is 2.31. The lowest BCUT2D eigenvalue weighted by atomic mass is 10.3. The molecule has 0 unspecified atom stereocenters. The summed E-state index contributed by atoms with van der Waals surface area (Å²) < 4.78 is 1.79. The Labute approximate surface area is 118 Å². The summed E-state index contributed by atoms with van der Waals surface area (Å²) in [6.07, 6.45) is 2.77. The summed E-state index contributed by atoms with van der Waals surface area (Å²) in [5.41, 5.74) is 1.12. The van der Waals surface area contributed by atoms with Crippen molar-refractivity contribution in [1.82, 2.24) is 10.3 Å². The highest BCUT2D eigenvalue weighted by molar-refractivity contribution is 9.10. The third-order valence-corrected chi connectivity index (χ3v) is 4.75. The van der Waals surface area contributed by atoms with Crippen molar-refractivity contribution in [2.24, 2.45) is 0 Å². The molecule has 0 spiro atoms. The molecule has 0 bridgehead atoms. The first-order chi connectivity index (χ1) is 8.25. The van der Waals surface area contributed by atoms with E-state index in [1.807, 2.05) is 24.4 Å². The topological polar surface area (TPSA) is 24.9 Å². The van der Waals surface area contributed by atoms with Crippen molar-refractivity contribution in [3.8, 4) is 0 Å². The minimum atomic E-state index is 0.812. The van der Waals surface area contributed by atoms with E-state index in [0.29, 0.717) is 0 Å². The average Bonchev–Trinajstić information content (AvgIpc) is 2.66. The number of nitrogens with one attached hydrogen (secondary N) is 1. The van der Waals surface area contributed by atoms with Crippen LogP contribution in [0.2, 0.25) is 4.34 Å². The second-order valence-electron chi connectivity index (χ2n) is 3.58. The summed E-state index contributed by atoms with van der Waals surface area (Å²) >= 11 is 11.0. The van der Waals surface area contributed by atoms with Crippen LogP contribution in [0.25, 0.3) is 0 Å². The molecule has 0 aromatic carbocycles. The molecule has 17 heavy (non-hydrogen) atoms. The number of hydrogen-bond donors (Lipinski definition) is 1. The summed E-state index contributed by atoms with van der Waals surface area (Å²) in [7, 11) is 0. The molecular formula is C12H12BrClN2S. The SMILES string of the molecule is Clc1sc(CNCCc2ccccn2)cc1Br. The molecular weight excluding hydrogens is 320 g/mol. The monoisotopic (exact) mass is 330 g/mol. The number of aromatic nitrogens is 1. The summed E-state index contributed by atoms with van der Waals surface area (Å²) in [4.78, 5) is 5.51. The maximum absolute atomic E-state index is 5.97. The first kappa shape index (κ1) is 13.0. The van der Waals surface area contributed by atoms with E-state index in [1.54, 1.807) is 11.3 Å². The molecule has 0 amide bonds. The number of rotatable bonds is 5. The minimum absolute atomic E-state index is 0.812. The molecule has 0 radical (unpaired) electrons. The Hall–Kier alpha value is -0.420. The van der Waals surface area contributed by atoms with Gasteiger partial charge in [0, 0.05) is 40.8 Å². The molecule has 0 aliphatic rings. The third-order valence-electron chi connectivity index (χ3n) is 2.28. The van der Waals surface area contributed by atoms with Crippen LogP contribution in [-0.2, 0) is 13.0 Å². The van der Waals surface area contributed by atoms with Crippen molar-refractivity contribution in [2.75, 3.05) is 6.54 Å². The predicted octanol–water partition coefficient (Wildman–Crippen LogP) is 3.89. The van der Waals surface area contributed by atoms with Crippen LogP contribution in [0, 0.1) is 0 Å². The molecule has 0 atom stereocenters. The van der Waals surface area contributed by atoms with Gasteiger partial charge in [-0.15, -0.1) is 11.3 Å². The lowest BCUT2D eigenvalue weighted by molar-refractivity contribution is 0.686. The van der Waals surface area contributed by atoms with Gasteiger partial charge in [0.15, 0.2) is 0 Å². The van der Waals surface area contributed by atoms with Crippen LogP contribution < -0.4 is 5.32 Å². The lowest BCUT2D eigenvalue weighted by Crippen LogP contribution is -2.16. The Balaban J connectivity index is 1.73.